The van der Waals surface area contributed by atoms with E-state index in [1.807, 2.05) is 44.2 Å². The number of ether oxygens (including phenoxy) is 1. The molecule has 0 N–H and O–H groups in total. The summed E-state index contributed by atoms with van der Waals surface area (Å²) in [4.78, 5) is 0. The van der Waals surface area contributed by atoms with Crippen LogP contribution in [-0.2, 0) is 0 Å². The molecule has 0 aliphatic rings. The van der Waals surface area contributed by atoms with E-state index in [1.165, 1.54) is 0 Å². The summed E-state index contributed by atoms with van der Waals surface area (Å²) in [6.45, 7) is 3.74. The Morgan fingerprint density at radius 1 is 1.25 bits per heavy atom. The molecule has 0 aliphatic heterocycles. The Labute approximate surface area is 73.4 Å². The maximum absolute atomic E-state index is 5.48. The van der Waals surface area contributed by atoms with Crippen molar-refractivity contribution in [2.45, 2.75) is 20.0 Å². The second-order valence-corrected chi connectivity index (χ2v) is 2.47. The Balaban J connectivity index is 2.56. The fourth-order valence-electron chi connectivity index (χ4n) is 0.936. The van der Waals surface area contributed by atoms with E-state index < -0.39 is 0 Å². The summed E-state index contributed by atoms with van der Waals surface area (Å²) in [5.41, 5.74) is 0. The normalized spacial score (nSPS) is 11.2. The van der Waals surface area contributed by atoms with Crippen molar-refractivity contribution >= 4 is 0 Å². The maximum atomic E-state index is 5.48. The number of hydrogen-bond donors (Lipinski definition) is 0. The lowest BCUT2D eigenvalue weighted by Gasteiger charge is -2.07. The first-order valence-electron chi connectivity index (χ1n) is 3.97. The highest BCUT2D eigenvalue weighted by Crippen LogP contribution is 2.09. The second kappa shape index (κ2) is 4.46. The van der Waals surface area contributed by atoms with Crippen LogP contribution >= 0.6 is 0 Å². The maximum Gasteiger partial charge on any atom is 0.156 e. The van der Waals surface area contributed by atoms with Crippen LogP contribution in [0.3, 0.4) is 0 Å². The Morgan fingerprint density at radius 2 is 1.92 bits per heavy atom. The molecule has 1 aromatic carbocycles. The van der Waals surface area contributed by atoms with Crippen LogP contribution in [-0.4, -0.2) is 6.10 Å². The zero-order valence-corrected chi connectivity index (χ0v) is 7.37. The fourth-order valence-corrected chi connectivity index (χ4v) is 0.936. The van der Waals surface area contributed by atoms with E-state index in [1.54, 1.807) is 0 Å². The smallest absolute Gasteiger partial charge is 0.156 e. The van der Waals surface area contributed by atoms with Crippen molar-refractivity contribution < 1.29 is 4.74 Å². The highest BCUT2D eigenvalue weighted by Gasteiger charge is 1.96. The molecule has 0 fully saturated rings. The molecule has 0 unspecified atom stereocenters. The third kappa shape index (κ3) is 2.67. The van der Waals surface area contributed by atoms with Crippen molar-refractivity contribution in [3.05, 3.63) is 30.3 Å². The van der Waals surface area contributed by atoms with E-state index in [0.29, 0.717) is 0 Å². The van der Waals surface area contributed by atoms with Crippen LogP contribution in [0.5, 0.6) is 5.75 Å². The highest BCUT2D eigenvalue weighted by molar-refractivity contribution is 5.22. The van der Waals surface area contributed by atoms with Gasteiger partial charge in [-0.05, 0) is 26.0 Å². The number of rotatable bonds is 2. The summed E-state index contributed by atoms with van der Waals surface area (Å²) in [6.07, 6.45) is -0.0302. The molecule has 62 valence electrons. The lowest BCUT2D eigenvalue weighted by Crippen LogP contribution is -2.08. The zero-order valence-electron chi connectivity index (χ0n) is 7.37. The molecule has 0 amide bonds. The van der Waals surface area contributed by atoms with Crippen LogP contribution in [0.15, 0.2) is 30.3 Å². The summed E-state index contributed by atoms with van der Waals surface area (Å²) in [5, 5.41) is 0. The van der Waals surface area contributed by atoms with Gasteiger partial charge in [0.25, 0.3) is 0 Å². The van der Waals surface area contributed by atoms with Crippen molar-refractivity contribution in [1.82, 2.24) is 0 Å². The predicted octanol–water partition coefficient (Wildman–Crippen LogP) is 2.48. The first-order valence-corrected chi connectivity index (χ1v) is 3.97. The van der Waals surface area contributed by atoms with Gasteiger partial charge in [0.1, 0.15) is 5.75 Å². The van der Waals surface area contributed by atoms with E-state index in [2.05, 4.69) is 11.8 Å². The van der Waals surface area contributed by atoms with Crippen LogP contribution in [0.25, 0.3) is 0 Å². The Kier molecular flexibility index (Phi) is 3.22. The Bertz CT molecular complexity index is 279. The lowest BCUT2D eigenvalue weighted by atomic mass is 10.3. The average Bonchev–Trinajstić information content (AvgIpc) is 2.06. The number of benzene rings is 1. The summed E-state index contributed by atoms with van der Waals surface area (Å²) < 4.78 is 5.48. The minimum atomic E-state index is -0.0302. The largest absolute Gasteiger partial charge is 0.478 e. The monoisotopic (exact) mass is 160 g/mol. The van der Waals surface area contributed by atoms with E-state index in [0.717, 1.165) is 5.75 Å². The van der Waals surface area contributed by atoms with Crippen LogP contribution < -0.4 is 4.74 Å². The molecule has 1 atom stereocenters. The van der Waals surface area contributed by atoms with Crippen molar-refractivity contribution in [2.75, 3.05) is 0 Å². The van der Waals surface area contributed by atoms with Gasteiger partial charge in [-0.1, -0.05) is 24.1 Å². The fraction of sp³-hybridized carbons (Fsp3) is 0.273. The van der Waals surface area contributed by atoms with Gasteiger partial charge in [0.15, 0.2) is 6.10 Å². The average molecular weight is 160 g/mol. The van der Waals surface area contributed by atoms with Crippen molar-refractivity contribution in [3.63, 3.8) is 0 Å². The number of hydrogen-bond acceptors (Lipinski definition) is 1. The van der Waals surface area contributed by atoms with Crippen LogP contribution in [0.4, 0.5) is 0 Å². The molecule has 0 aromatic heterocycles. The Morgan fingerprint density at radius 3 is 2.50 bits per heavy atom. The quantitative estimate of drug-likeness (QED) is 0.604. The van der Waals surface area contributed by atoms with Crippen molar-refractivity contribution in [1.29, 1.82) is 0 Å². The molecular formula is C11H12O. The minimum absolute atomic E-state index is 0.0302. The molecule has 0 saturated heterocycles. The summed E-state index contributed by atoms with van der Waals surface area (Å²) in [6, 6.07) is 9.70. The van der Waals surface area contributed by atoms with Gasteiger partial charge in [-0.25, -0.2) is 0 Å². The minimum Gasteiger partial charge on any atom is -0.478 e. The molecule has 0 aliphatic carbocycles. The molecule has 0 radical (unpaired) electrons. The van der Waals surface area contributed by atoms with E-state index in [9.17, 15) is 0 Å². The molecule has 0 bridgehead atoms. The van der Waals surface area contributed by atoms with Crippen LogP contribution in [0.2, 0.25) is 0 Å². The summed E-state index contributed by atoms with van der Waals surface area (Å²) >= 11 is 0. The van der Waals surface area contributed by atoms with Gasteiger partial charge < -0.3 is 4.74 Å². The van der Waals surface area contributed by atoms with Gasteiger partial charge in [-0.15, -0.1) is 5.92 Å². The van der Waals surface area contributed by atoms with E-state index >= 15 is 0 Å². The van der Waals surface area contributed by atoms with Gasteiger partial charge in [0, 0.05) is 0 Å². The van der Waals surface area contributed by atoms with Gasteiger partial charge in [0.05, 0.1) is 0 Å². The molecule has 1 nitrogen and oxygen atoms in total. The number of para-hydroxylation sites is 1. The molecule has 1 heteroatoms. The zero-order chi connectivity index (χ0) is 8.81. The second-order valence-electron chi connectivity index (χ2n) is 2.47. The summed E-state index contributed by atoms with van der Waals surface area (Å²) in [7, 11) is 0. The molecule has 0 heterocycles. The van der Waals surface area contributed by atoms with E-state index in [4.69, 9.17) is 4.74 Å². The van der Waals surface area contributed by atoms with Gasteiger partial charge in [-0.2, -0.15) is 0 Å². The van der Waals surface area contributed by atoms with Gasteiger partial charge in [0.2, 0.25) is 0 Å². The molecule has 12 heavy (non-hydrogen) atoms. The van der Waals surface area contributed by atoms with E-state index in [-0.39, 0.29) is 6.10 Å². The lowest BCUT2D eigenvalue weighted by molar-refractivity contribution is 0.279. The highest BCUT2D eigenvalue weighted by atomic mass is 16.5. The molecular weight excluding hydrogens is 148 g/mol. The van der Waals surface area contributed by atoms with Gasteiger partial charge in [-0.3, -0.25) is 0 Å². The molecule has 0 saturated carbocycles. The Hall–Kier alpha value is -1.42. The van der Waals surface area contributed by atoms with Crippen LogP contribution in [0, 0.1) is 11.8 Å². The first-order chi connectivity index (χ1) is 5.83. The van der Waals surface area contributed by atoms with Crippen molar-refractivity contribution in [2.24, 2.45) is 0 Å². The SMILES string of the molecule is CC#C[C@H](C)Oc1ccccc1. The first kappa shape index (κ1) is 8.67. The third-order valence-electron chi connectivity index (χ3n) is 1.40. The molecule has 0 spiro atoms. The molecule has 1 aromatic rings. The van der Waals surface area contributed by atoms with Crippen molar-refractivity contribution in [3.8, 4) is 17.6 Å². The molecule has 1 rings (SSSR count). The summed E-state index contributed by atoms with van der Waals surface area (Å²) in [5.74, 6) is 6.60. The standard InChI is InChI=1S/C11H12O/c1-3-7-10(2)12-11-8-5-4-6-9-11/h4-6,8-10H,1-2H3/t10-/m0/s1. The van der Waals surface area contributed by atoms with Gasteiger partial charge >= 0.3 is 0 Å². The topological polar surface area (TPSA) is 9.23 Å². The predicted molar refractivity (Wildman–Crippen MR) is 50.0 cm³/mol. The third-order valence-corrected chi connectivity index (χ3v) is 1.40. The van der Waals surface area contributed by atoms with Crippen LogP contribution in [0.1, 0.15) is 13.8 Å².